The number of hydrogen-bond acceptors (Lipinski definition) is 29. The van der Waals surface area contributed by atoms with Gasteiger partial charge in [0.15, 0.2) is 15.5 Å². The van der Waals surface area contributed by atoms with E-state index in [9.17, 15) is 73.2 Å². The first-order valence-corrected chi connectivity index (χ1v) is 39.7. The Kier molecular flexibility index (Phi) is 34.0. The summed E-state index contributed by atoms with van der Waals surface area (Å²) in [5.41, 5.74) is 0.736. The molecule has 108 heavy (non-hydrogen) atoms. The third-order valence-corrected chi connectivity index (χ3v) is 21.1. The molecule has 0 saturated heterocycles. The molecule has 574 valence electrons. The number of terminal acetylenes is 1. The Balaban J connectivity index is 0.000000259. The molecule has 0 amide bonds. The number of nitrogens with two attached hydrogens (primary N) is 2. The molecule has 0 spiro atoms. The molecule has 0 saturated carbocycles. The van der Waals surface area contributed by atoms with Gasteiger partial charge in [0.25, 0.3) is 20.0 Å². The molecule has 0 unspecified atom stereocenters. The minimum Gasteiger partial charge on any atom is -0.478 e. The molecule has 5 aromatic carbocycles. The zero-order valence-corrected chi connectivity index (χ0v) is 64.6. The van der Waals surface area contributed by atoms with Crippen LogP contribution in [0.25, 0.3) is 0 Å². The number of methoxy groups -OCH3 is 2. The number of hydrogen-bond donors (Lipinski definition) is 7. The molecule has 0 aliphatic rings. The Morgan fingerprint density at radius 3 is 1.29 bits per heavy atom. The van der Waals surface area contributed by atoms with Crippen LogP contribution in [0.2, 0.25) is 0 Å². The van der Waals surface area contributed by atoms with Gasteiger partial charge in [0.05, 0.1) is 82.9 Å². The molecule has 0 aliphatic heterocycles. The Labute approximate surface area is 635 Å². The van der Waals surface area contributed by atoms with Crippen molar-refractivity contribution in [2.75, 3.05) is 78.1 Å². The fourth-order valence-corrected chi connectivity index (χ4v) is 15.6. The summed E-state index contributed by atoms with van der Waals surface area (Å²) in [5.74, 6) is -2.63. The quantitative estimate of drug-likeness (QED) is 0.00304. The van der Waals surface area contributed by atoms with Crippen LogP contribution >= 0.6 is 35.3 Å². The van der Waals surface area contributed by atoms with Crippen molar-refractivity contribution >= 4 is 135 Å². The molecule has 8 rings (SSSR count). The first kappa shape index (κ1) is 87.7. The number of carbonyl (C=O) groups is 4. The Bertz CT molecular complexity index is 5060. The SMILES string of the molecule is C#CCOc1c([N+](=O)[O-])cc(C(=O)OC)cc1S(=O)(=O)N=CN(C)C.CCCCNc1cc(C(=O)O)cc(S(N)(=O)=O)c1Sc1ncccn1.CCCCNc1cc(C(=O)OC)cc(S(=O)(=O)N=CN(C)C)c1Sc1ncccn1.NS(=O)(=O)c1cc(C(=O)O)cc(NCc2ccccc2)c1Sc1ncccn1. The molecule has 3 aromatic heterocycles. The van der Waals surface area contributed by atoms with Crippen LogP contribution in [-0.2, 0) is 56.1 Å². The van der Waals surface area contributed by atoms with Crippen molar-refractivity contribution in [3.8, 4) is 18.1 Å². The second kappa shape index (κ2) is 41.8. The first-order chi connectivity index (χ1) is 51.1. The number of carboxylic acid groups (broad SMARTS) is 2. The maximum absolute atomic E-state index is 13.0. The molecule has 0 radical (unpaired) electrons. The average molecular weight is 1620 g/mol. The van der Waals surface area contributed by atoms with Gasteiger partial charge in [-0.1, -0.05) is 62.9 Å². The highest BCUT2D eigenvalue weighted by atomic mass is 32.2. The zero-order chi connectivity index (χ0) is 79.9. The van der Waals surface area contributed by atoms with Crippen molar-refractivity contribution in [3.05, 3.63) is 172 Å². The second-order valence-electron chi connectivity index (χ2n) is 21.9. The van der Waals surface area contributed by atoms with E-state index >= 15 is 0 Å². The number of nitro benzene ring substituents is 1. The topological polar surface area (TPSA) is 513 Å². The summed E-state index contributed by atoms with van der Waals surface area (Å²) < 4.78 is 121. The van der Waals surface area contributed by atoms with Crippen molar-refractivity contribution in [2.24, 2.45) is 19.1 Å². The highest BCUT2D eigenvalue weighted by molar-refractivity contribution is 8.01. The number of sulfonamides is 4. The largest absolute Gasteiger partial charge is 0.478 e. The van der Waals surface area contributed by atoms with Crippen LogP contribution in [0.5, 0.6) is 5.75 Å². The molecule has 9 N–H and O–H groups in total. The molecule has 3 heterocycles. The number of aromatic carboxylic acids is 2. The second-order valence-corrected chi connectivity index (χ2v) is 31.1. The predicted octanol–water partition coefficient (Wildman–Crippen LogP) is 8.35. The number of nitrogens with one attached hydrogen (secondary N) is 3. The van der Waals surface area contributed by atoms with Gasteiger partial charge >= 0.3 is 29.6 Å². The van der Waals surface area contributed by atoms with E-state index < -0.39 is 91.8 Å². The fraction of sp³-hybridized carbons (Fsp3) is 0.242. The fourth-order valence-electron chi connectivity index (χ4n) is 8.33. The highest BCUT2D eigenvalue weighted by Gasteiger charge is 2.32. The van der Waals surface area contributed by atoms with Crippen molar-refractivity contribution < 1.29 is 82.2 Å². The molecule has 35 nitrogen and oxygen atoms in total. The predicted molar refractivity (Wildman–Crippen MR) is 404 cm³/mol. The first-order valence-electron chi connectivity index (χ1n) is 31.2. The van der Waals surface area contributed by atoms with Crippen LogP contribution in [0, 0.1) is 22.5 Å². The summed E-state index contributed by atoms with van der Waals surface area (Å²) in [5, 5.41) is 51.0. The summed E-state index contributed by atoms with van der Waals surface area (Å²) >= 11 is 3.08. The van der Waals surface area contributed by atoms with E-state index in [2.05, 4.69) is 65.3 Å². The van der Waals surface area contributed by atoms with E-state index in [1.54, 1.807) is 50.8 Å². The van der Waals surface area contributed by atoms with Crippen LogP contribution < -0.4 is 31.0 Å². The monoisotopic (exact) mass is 1620 g/mol. The molecular formula is C66H74N16O19S7. The van der Waals surface area contributed by atoms with Crippen LogP contribution in [0.4, 0.5) is 22.7 Å². The van der Waals surface area contributed by atoms with Gasteiger partial charge in [-0.25, -0.2) is 76.2 Å². The Hall–Kier alpha value is -10.9. The Morgan fingerprint density at radius 1 is 0.565 bits per heavy atom. The summed E-state index contributed by atoms with van der Waals surface area (Å²) in [4.78, 5) is 84.1. The molecule has 0 bridgehead atoms. The summed E-state index contributed by atoms with van der Waals surface area (Å²) in [6.07, 6.45) is 20.1. The number of carbonyl (C=O) groups excluding carboxylic acids is 2. The van der Waals surface area contributed by atoms with Crippen molar-refractivity contribution in [3.63, 3.8) is 0 Å². The van der Waals surface area contributed by atoms with Crippen LogP contribution in [0.3, 0.4) is 0 Å². The van der Waals surface area contributed by atoms with Gasteiger partial charge in [-0.15, -0.1) is 15.2 Å². The number of unbranched alkanes of at least 4 members (excludes halogenated alkanes) is 2. The lowest BCUT2D eigenvalue weighted by Crippen LogP contribution is -2.16. The van der Waals surface area contributed by atoms with Gasteiger partial charge < -0.3 is 50.2 Å². The zero-order valence-electron chi connectivity index (χ0n) is 58.9. The van der Waals surface area contributed by atoms with E-state index in [4.69, 9.17) is 26.2 Å². The van der Waals surface area contributed by atoms with Crippen LogP contribution in [-0.4, -0.2) is 187 Å². The number of benzene rings is 5. The summed E-state index contributed by atoms with van der Waals surface area (Å²) in [6, 6.07) is 23.7. The molecule has 0 atom stereocenters. The third kappa shape index (κ3) is 27.1. The minimum absolute atomic E-state index is 0.105. The Morgan fingerprint density at radius 2 is 0.926 bits per heavy atom. The van der Waals surface area contributed by atoms with Crippen LogP contribution in [0.15, 0.2) is 193 Å². The standard InChI is InChI=1S/C19H25N5O4S2.C18H16N4O4S2.C15H18N4O4S2.C14H15N3O7S/c1-5-6-8-20-15-11-14(18(25)28-4)12-16(30(26,27)23-13-24(2)3)17(15)29-19-21-9-7-10-22-19;19-28(25,26)15-10-13(17(23)24)9-14(22-11-12-5-2-1-3-6-12)16(15)27-18-20-7-4-8-21-18;1-2-3-5-17-11-8-10(14(20)21)9-12(25(16,22)23)13(11)24-15-18-6-4-7-19-15;1-5-6-24-13-11(17(19)20)7-10(14(18)23-4)8-12(13)25(21,22)15-9-16(2)3/h7,9-13,20H,5-6,8H2,1-4H3;1-10,22H,11H2,(H,23,24)(H2,19,25,26);4,6-9,17H,2-3,5H2,1H3,(H,20,21)(H2,16,22,23);1,7-9H,6H2,2-4H3. The number of nitrogens with zero attached hydrogens (tertiary/aromatic N) is 11. The maximum atomic E-state index is 13.0. The van der Waals surface area contributed by atoms with E-state index in [0.29, 0.717) is 57.1 Å². The smallest absolute Gasteiger partial charge is 0.338 e. The number of primary sulfonamides is 2. The maximum Gasteiger partial charge on any atom is 0.338 e. The van der Waals surface area contributed by atoms with Gasteiger partial charge in [0.1, 0.15) is 29.1 Å². The number of aromatic nitrogens is 6. The highest BCUT2D eigenvalue weighted by Crippen LogP contribution is 2.42. The van der Waals surface area contributed by atoms with E-state index in [1.165, 1.54) is 80.3 Å². The third-order valence-electron chi connectivity index (χ3n) is 13.3. The van der Waals surface area contributed by atoms with Crippen molar-refractivity contribution in [1.29, 1.82) is 0 Å². The van der Waals surface area contributed by atoms with Gasteiger partial charge in [0.2, 0.25) is 25.8 Å². The van der Waals surface area contributed by atoms with Gasteiger partial charge in [-0.2, -0.15) is 16.8 Å². The molecule has 8 aromatic rings. The van der Waals surface area contributed by atoms with Crippen LogP contribution in [0.1, 0.15) is 86.5 Å². The number of anilines is 3. The van der Waals surface area contributed by atoms with Crippen molar-refractivity contribution in [1.82, 2.24) is 39.7 Å². The lowest BCUT2D eigenvalue weighted by atomic mass is 10.2. The van der Waals surface area contributed by atoms with E-state index in [-0.39, 0.29) is 46.7 Å². The summed E-state index contributed by atoms with van der Waals surface area (Å²) in [7, 11) is -8.20. The van der Waals surface area contributed by atoms with Crippen molar-refractivity contribution in [2.45, 2.75) is 95.8 Å². The lowest BCUT2D eigenvalue weighted by Gasteiger charge is -2.16. The molecular weight excluding hydrogens is 1550 g/mol. The van der Waals surface area contributed by atoms with Gasteiger partial charge in [-0.05, 0) is 114 Å². The van der Waals surface area contributed by atoms with Gasteiger partial charge in [0, 0.05) is 91.1 Å². The van der Waals surface area contributed by atoms with Gasteiger partial charge in [-0.3, -0.25) is 10.1 Å². The number of rotatable bonds is 32. The number of esters is 2. The molecule has 0 fully saturated rings. The number of nitro groups is 1. The lowest BCUT2D eigenvalue weighted by molar-refractivity contribution is -0.386. The molecule has 0 aliphatic carbocycles. The summed E-state index contributed by atoms with van der Waals surface area (Å²) in [6.45, 7) is 5.16. The number of carboxylic acids is 2. The van der Waals surface area contributed by atoms with E-state index in [1.807, 2.05) is 44.2 Å². The minimum atomic E-state index is -4.41. The average Bonchev–Trinajstić information content (AvgIpc) is 0.800. The normalized spacial score (nSPS) is 11.2. The van der Waals surface area contributed by atoms with E-state index in [0.717, 1.165) is 104 Å². The number of ether oxygens (including phenoxy) is 3. The molecule has 42 heteroatoms.